The van der Waals surface area contributed by atoms with Gasteiger partial charge >= 0.3 is 0 Å². The molecule has 1 aromatic heterocycles. The minimum atomic E-state index is 0.270. The van der Waals surface area contributed by atoms with Gasteiger partial charge in [0.2, 0.25) is 5.91 Å². The van der Waals surface area contributed by atoms with Gasteiger partial charge in [-0.25, -0.2) is 0 Å². The monoisotopic (exact) mass is 287 g/mol. The van der Waals surface area contributed by atoms with Crippen molar-refractivity contribution in [2.75, 3.05) is 26.2 Å². The zero-order valence-corrected chi connectivity index (χ0v) is 13.1. The highest BCUT2D eigenvalue weighted by molar-refractivity contribution is 5.78. The molecule has 1 saturated heterocycles. The van der Waals surface area contributed by atoms with Crippen LogP contribution in [0.4, 0.5) is 0 Å². The Morgan fingerprint density at radius 2 is 2.14 bits per heavy atom. The topological polar surface area (TPSA) is 36.4 Å². The third-order valence-electron chi connectivity index (χ3n) is 4.85. The summed E-state index contributed by atoms with van der Waals surface area (Å²) in [5.41, 5.74) is 3.61. The summed E-state index contributed by atoms with van der Waals surface area (Å²) >= 11 is 0. The standard InChI is InChI=1S/C17H25N3O/c1-3-13(2)15-6-5-14-11-20(10-7-16(14)18-15)17(21)12-19-8-4-9-19/h5-6,13H,3-4,7-12H2,1-2H3. The van der Waals surface area contributed by atoms with E-state index < -0.39 is 0 Å². The van der Waals surface area contributed by atoms with Crippen molar-refractivity contribution in [2.45, 2.75) is 45.6 Å². The molecule has 4 heteroatoms. The van der Waals surface area contributed by atoms with Crippen LogP contribution in [-0.4, -0.2) is 46.9 Å². The Bertz CT molecular complexity index is 525. The van der Waals surface area contributed by atoms with Gasteiger partial charge in [-0.2, -0.15) is 0 Å². The third kappa shape index (κ3) is 3.10. The summed E-state index contributed by atoms with van der Waals surface area (Å²) in [5, 5.41) is 0. The number of carbonyl (C=O) groups excluding carboxylic acids is 1. The van der Waals surface area contributed by atoms with Gasteiger partial charge in [0.1, 0.15) is 0 Å². The zero-order chi connectivity index (χ0) is 14.8. The van der Waals surface area contributed by atoms with Crippen LogP contribution in [0.2, 0.25) is 0 Å². The lowest BCUT2D eigenvalue weighted by molar-refractivity contribution is -0.134. The minimum Gasteiger partial charge on any atom is -0.337 e. The van der Waals surface area contributed by atoms with E-state index in [2.05, 4.69) is 30.9 Å². The van der Waals surface area contributed by atoms with E-state index in [0.717, 1.165) is 39.0 Å². The largest absolute Gasteiger partial charge is 0.337 e. The molecule has 4 nitrogen and oxygen atoms in total. The van der Waals surface area contributed by atoms with Crippen molar-refractivity contribution in [1.82, 2.24) is 14.8 Å². The number of hydrogen-bond acceptors (Lipinski definition) is 3. The molecule has 0 saturated carbocycles. The molecule has 1 amide bonds. The van der Waals surface area contributed by atoms with Crippen molar-refractivity contribution in [3.8, 4) is 0 Å². The van der Waals surface area contributed by atoms with E-state index >= 15 is 0 Å². The molecule has 3 rings (SSSR count). The Kier molecular flexibility index (Phi) is 4.24. The molecule has 2 aliphatic heterocycles. The first-order chi connectivity index (χ1) is 10.2. The van der Waals surface area contributed by atoms with Crippen molar-refractivity contribution < 1.29 is 4.79 Å². The molecule has 0 aliphatic carbocycles. The quantitative estimate of drug-likeness (QED) is 0.851. The van der Waals surface area contributed by atoms with Gasteiger partial charge in [-0.15, -0.1) is 0 Å². The summed E-state index contributed by atoms with van der Waals surface area (Å²) in [5.74, 6) is 0.785. The fourth-order valence-electron chi connectivity index (χ4n) is 2.96. The molecule has 0 spiro atoms. The highest BCUT2D eigenvalue weighted by atomic mass is 16.2. The van der Waals surface area contributed by atoms with E-state index in [0.29, 0.717) is 12.5 Å². The number of fused-ring (bicyclic) bond motifs is 1. The maximum Gasteiger partial charge on any atom is 0.237 e. The molecular formula is C17H25N3O. The molecule has 21 heavy (non-hydrogen) atoms. The zero-order valence-electron chi connectivity index (χ0n) is 13.1. The highest BCUT2D eigenvalue weighted by Crippen LogP contribution is 2.22. The number of amides is 1. The van der Waals surface area contributed by atoms with E-state index in [4.69, 9.17) is 4.98 Å². The van der Waals surface area contributed by atoms with Crippen molar-refractivity contribution >= 4 is 5.91 Å². The van der Waals surface area contributed by atoms with Gasteiger partial charge in [-0.3, -0.25) is 14.7 Å². The first kappa shape index (κ1) is 14.5. The molecule has 1 fully saturated rings. The summed E-state index contributed by atoms with van der Waals surface area (Å²) < 4.78 is 0. The van der Waals surface area contributed by atoms with Gasteiger partial charge in [0.25, 0.3) is 0 Å². The number of rotatable bonds is 4. The highest BCUT2D eigenvalue weighted by Gasteiger charge is 2.25. The van der Waals surface area contributed by atoms with Crippen molar-refractivity contribution in [1.29, 1.82) is 0 Å². The van der Waals surface area contributed by atoms with Crippen LogP contribution in [0.5, 0.6) is 0 Å². The number of carbonyl (C=O) groups is 1. The number of likely N-dealkylation sites (tertiary alicyclic amines) is 1. The summed E-state index contributed by atoms with van der Waals surface area (Å²) in [6.07, 6.45) is 3.25. The van der Waals surface area contributed by atoms with Gasteiger partial charge in [0.05, 0.1) is 6.54 Å². The van der Waals surface area contributed by atoms with Crippen LogP contribution in [0, 0.1) is 0 Å². The second-order valence-electron chi connectivity index (χ2n) is 6.35. The number of aromatic nitrogens is 1. The number of nitrogens with zero attached hydrogens (tertiary/aromatic N) is 3. The molecule has 1 atom stereocenters. The van der Waals surface area contributed by atoms with Crippen LogP contribution in [0.25, 0.3) is 0 Å². The first-order valence-corrected chi connectivity index (χ1v) is 8.16. The Morgan fingerprint density at radius 3 is 2.81 bits per heavy atom. The fraction of sp³-hybridized carbons (Fsp3) is 0.647. The maximum atomic E-state index is 12.3. The average Bonchev–Trinajstić information content (AvgIpc) is 2.48. The van der Waals surface area contributed by atoms with E-state index in [-0.39, 0.29) is 5.91 Å². The molecule has 0 bridgehead atoms. The number of hydrogen-bond donors (Lipinski definition) is 0. The molecule has 1 unspecified atom stereocenters. The molecule has 3 heterocycles. The van der Waals surface area contributed by atoms with Gasteiger partial charge in [0.15, 0.2) is 0 Å². The smallest absolute Gasteiger partial charge is 0.237 e. The molecule has 2 aliphatic rings. The maximum absolute atomic E-state index is 12.3. The van der Waals surface area contributed by atoms with Crippen LogP contribution in [-0.2, 0) is 17.8 Å². The van der Waals surface area contributed by atoms with E-state index in [1.54, 1.807) is 0 Å². The average molecular weight is 287 g/mol. The Balaban J connectivity index is 1.66. The van der Waals surface area contributed by atoms with Gasteiger partial charge in [-0.05, 0) is 43.5 Å². The summed E-state index contributed by atoms with van der Waals surface area (Å²) in [6, 6.07) is 4.31. The van der Waals surface area contributed by atoms with E-state index in [9.17, 15) is 4.79 Å². The normalized spacial score (nSPS) is 19.8. The summed E-state index contributed by atoms with van der Waals surface area (Å²) in [7, 11) is 0. The lowest BCUT2D eigenvalue weighted by Gasteiger charge is -2.34. The van der Waals surface area contributed by atoms with Crippen molar-refractivity contribution in [2.24, 2.45) is 0 Å². The van der Waals surface area contributed by atoms with Gasteiger partial charge < -0.3 is 4.90 Å². The minimum absolute atomic E-state index is 0.270. The molecule has 1 aromatic rings. The molecule has 0 N–H and O–H groups in total. The van der Waals surface area contributed by atoms with Crippen LogP contribution in [0.15, 0.2) is 12.1 Å². The van der Waals surface area contributed by atoms with E-state index in [1.165, 1.54) is 23.4 Å². The van der Waals surface area contributed by atoms with Gasteiger partial charge in [-0.1, -0.05) is 19.9 Å². The Hall–Kier alpha value is -1.42. The van der Waals surface area contributed by atoms with Crippen molar-refractivity contribution in [3.63, 3.8) is 0 Å². The molecule has 0 radical (unpaired) electrons. The summed E-state index contributed by atoms with van der Waals surface area (Å²) in [6.45, 7) is 8.72. The van der Waals surface area contributed by atoms with Crippen LogP contribution in [0.3, 0.4) is 0 Å². The Labute approximate surface area is 127 Å². The second kappa shape index (κ2) is 6.14. The predicted octanol–water partition coefficient (Wildman–Crippen LogP) is 2.19. The first-order valence-electron chi connectivity index (χ1n) is 8.16. The second-order valence-corrected chi connectivity index (χ2v) is 6.35. The molecule has 114 valence electrons. The van der Waals surface area contributed by atoms with Gasteiger partial charge in [0, 0.05) is 30.9 Å². The lowest BCUT2D eigenvalue weighted by atomic mass is 10.00. The Morgan fingerprint density at radius 1 is 1.33 bits per heavy atom. The lowest BCUT2D eigenvalue weighted by Crippen LogP contribution is -2.47. The van der Waals surface area contributed by atoms with Crippen LogP contribution in [0.1, 0.15) is 49.6 Å². The third-order valence-corrected chi connectivity index (χ3v) is 4.85. The van der Waals surface area contributed by atoms with Crippen LogP contribution < -0.4 is 0 Å². The van der Waals surface area contributed by atoms with Crippen molar-refractivity contribution in [3.05, 3.63) is 29.1 Å². The fourth-order valence-corrected chi connectivity index (χ4v) is 2.96. The molecular weight excluding hydrogens is 262 g/mol. The SMILES string of the molecule is CCC(C)c1ccc2c(n1)CCN(C(=O)CN1CCC1)C2. The summed E-state index contributed by atoms with van der Waals surface area (Å²) in [4.78, 5) is 21.3. The number of pyridine rings is 1. The molecule has 0 aromatic carbocycles. The predicted molar refractivity (Wildman–Crippen MR) is 83.1 cm³/mol. The van der Waals surface area contributed by atoms with E-state index in [1.807, 2.05) is 4.90 Å². The van der Waals surface area contributed by atoms with Crippen LogP contribution >= 0.6 is 0 Å².